The van der Waals surface area contributed by atoms with E-state index in [2.05, 4.69) is 5.09 Å². The molecule has 0 amide bonds. The number of aromatic nitrogens is 2. The van der Waals surface area contributed by atoms with Gasteiger partial charge in [-0.05, 0) is 32.3 Å². The van der Waals surface area contributed by atoms with Gasteiger partial charge in [0.15, 0.2) is 18.0 Å². The molecule has 2 rings (SSSR count). The van der Waals surface area contributed by atoms with Crippen molar-refractivity contribution in [1.29, 1.82) is 0 Å². The topological polar surface area (TPSA) is 149 Å². The van der Waals surface area contributed by atoms with Gasteiger partial charge in [-0.2, -0.15) is 0 Å². The van der Waals surface area contributed by atoms with Crippen molar-refractivity contribution in [2.45, 2.75) is 63.9 Å². The van der Waals surface area contributed by atoms with Crippen molar-refractivity contribution in [2.75, 3.05) is 6.61 Å². The Balaban J connectivity index is 2.17. The Bertz CT molecular complexity index is 870. The van der Waals surface area contributed by atoms with Crippen LogP contribution in [0.2, 0.25) is 0 Å². The third-order valence-corrected chi connectivity index (χ3v) is 5.19. The van der Waals surface area contributed by atoms with Crippen molar-refractivity contribution in [3.63, 3.8) is 0 Å². The fraction of sp³-hybridized carbons (Fsp3) is 0.688. The number of nitrogens with zero attached hydrogens (tertiary/aromatic N) is 1. The maximum absolute atomic E-state index is 15.5. The van der Waals surface area contributed by atoms with Crippen LogP contribution in [0.4, 0.5) is 4.39 Å². The fourth-order valence-electron chi connectivity index (χ4n) is 2.81. The van der Waals surface area contributed by atoms with Crippen molar-refractivity contribution >= 4 is 14.1 Å². The third kappa shape index (κ3) is 5.34. The quantitative estimate of drug-likeness (QED) is 0.382. The lowest BCUT2D eigenvalue weighted by atomic mass is 9.98. The summed E-state index contributed by atoms with van der Waals surface area (Å²) in [5, 5.41) is 11.9. The first-order valence-electron chi connectivity index (χ1n) is 8.84. The molecule has 2 heterocycles. The average Bonchev–Trinajstić information content (AvgIpc) is 2.85. The van der Waals surface area contributed by atoms with E-state index in [0.29, 0.717) is 0 Å². The minimum atomic E-state index is -2.76. The molecule has 13 heteroatoms. The van der Waals surface area contributed by atoms with Crippen LogP contribution >= 0.6 is 8.18 Å². The monoisotopic (exact) mass is 436 g/mol. The number of rotatable bonds is 8. The molecule has 29 heavy (non-hydrogen) atoms. The Hall–Kier alpha value is -1.98. The van der Waals surface area contributed by atoms with Crippen LogP contribution in [0.5, 0.6) is 0 Å². The number of aliphatic hydroxyl groups excluding tert-OH is 1. The van der Waals surface area contributed by atoms with Crippen LogP contribution in [0.15, 0.2) is 21.9 Å². The van der Waals surface area contributed by atoms with Gasteiger partial charge in [0.05, 0.1) is 12.7 Å². The van der Waals surface area contributed by atoms with Crippen LogP contribution in [0.1, 0.15) is 33.9 Å². The number of aromatic amines is 1. The van der Waals surface area contributed by atoms with E-state index in [1.54, 1.807) is 13.8 Å². The highest BCUT2D eigenvalue weighted by Crippen LogP contribution is 2.45. The SMILES string of the molecule is CC(C)OC(=O)[C@H](C)N[P+](=O)O[C@@H]1[C@@H](CO)O[C@@H](n2ccc(=O)[nH]c2=O)[C@]1(C)F. The van der Waals surface area contributed by atoms with E-state index >= 15 is 4.39 Å². The van der Waals surface area contributed by atoms with Gasteiger partial charge in [-0.3, -0.25) is 19.1 Å². The first-order valence-corrected chi connectivity index (χ1v) is 10.0. The number of esters is 1. The smallest absolute Gasteiger partial charge is 0.462 e. The number of halogens is 1. The summed E-state index contributed by atoms with van der Waals surface area (Å²) in [7, 11) is -2.76. The summed E-state index contributed by atoms with van der Waals surface area (Å²) in [4.78, 5) is 37.0. The van der Waals surface area contributed by atoms with Gasteiger partial charge >= 0.3 is 19.8 Å². The number of hydrogen-bond acceptors (Lipinski definition) is 8. The molecule has 1 aromatic rings. The van der Waals surface area contributed by atoms with Crippen molar-refractivity contribution in [1.82, 2.24) is 14.6 Å². The molecule has 162 valence electrons. The molecule has 0 aliphatic carbocycles. The summed E-state index contributed by atoms with van der Waals surface area (Å²) in [6, 6.07) is 0.00641. The Kier molecular flexibility index (Phi) is 7.41. The summed E-state index contributed by atoms with van der Waals surface area (Å²) in [5.41, 5.74) is -4.01. The van der Waals surface area contributed by atoms with Crippen molar-refractivity contribution < 1.29 is 32.9 Å². The van der Waals surface area contributed by atoms with Crippen LogP contribution < -0.4 is 16.3 Å². The van der Waals surface area contributed by atoms with Gasteiger partial charge in [-0.1, -0.05) is 5.09 Å². The second-order valence-corrected chi connectivity index (χ2v) is 7.98. The summed E-state index contributed by atoms with van der Waals surface area (Å²) >= 11 is 0. The van der Waals surface area contributed by atoms with Gasteiger partial charge in [0.2, 0.25) is 0 Å². The Morgan fingerprint density at radius 1 is 1.48 bits per heavy atom. The number of alkyl halides is 1. The van der Waals surface area contributed by atoms with Crippen LogP contribution in [0.3, 0.4) is 0 Å². The minimum absolute atomic E-state index is 0.377. The van der Waals surface area contributed by atoms with Crippen molar-refractivity contribution in [2.24, 2.45) is 0 Å². The van der Waals surface area contributed by atoms with Gasteiger partial charge in [-0.25, -0.2) is 9.18 Å². The van der Waals surface area contributed by atoms with E-state index in [4.69, 9.17) is 14.0 Å². The molecule has 11 nitrogen and oxygen atoms in total. The molecule has 0 saturated carbocycles. The first-order chi connectivity index (χ1) is 13.5. The van der Waals surface area contributed by atoms with Crippen molar-refractivity contribution in [3.8, 4) is 0 Å². The number of H-pyrrole nitrogens is 1. The Morgan fingerprint density at radius 2 is 2.14 bits per heavy atom. The van der Waals surface area contributed by atoms with E-state index in [1.165, 1.54) is 6.92 Å². The van der Waals surface area contributed by atoms with Gasteiger partial charge in [-0.15, -0.1) is 4.52 Å². The van der Waals surface area contributed by atoms with E-state index in [1.807, 2.05) is 4.98 Å². The zero-order valence-electron chi connectivity index (χ0n) is 16.3. The third-order valence-electron chi connectivity index (χ3n) is 4.18. The van der Waals surface area contributed by atoms with E-state index < -0.39 is 62.2 Å². The van der Waals surface area contributed by atoms with Crippen LogP contribution in [-0.4, -0.2) is 57.3 Å². The molecule has 0 spiro atoms. The summed E-state index contributed by atoms with van der Waals surface area (Å²) in [5.74, 6) is -0.672. The van der Waals surface area contributed by atoms with Crippen LogP contribution in [0, 0.1) is 0 Å². The highest BCUT2D eigenvalue weighted by molar-refractivity contribution is 7.36. The Labute approximate surface area is 166 Å². The van der Waals surface area contributed by atoms with E-state index in [-0.39, 0.29) is 6.10 Å². The molecule has 6 atom stereocenters. The highest BCUT2D eigenvalue weighted by Gasteiger charge is 2.60. The normalized spacial score (nSPS) is 28.4. The summed E-state index contributed by atoms with van der Waals surface area (Å²) in [6.07, 6.45) is -3.69. The van der Waals surface area contributed by atoms with Crippen LogP contribution in [-0.2, 0) is 23.4 Å². The van der Waals surface area contributed by atoms with Crippen LogP contribution in [0.25, 0.3) is 0 Å². The molecular formula is C16H24FN3O8P+. The molecule has 1 unspecified atom stereocenters. The zero-order valence-corrected chi connectivity index (χ0v) is 17.2. The molecule has 0 radical (unpaired) electrons. The molecule has 0 bridgehead atoms. The number of aliphatic hydroxyl groups is 1. The summed E-state index contributed by atoms with van der Waals surface area (Å²) < 4.78 is 44.2. The lowest BCUT2D eigenvalue weighted by molar-refractivity contribution is -0.149. The molecular weight excluding hydrogens is 412 g/mol. The fourth-order valence-corrected chi connectivity index (χ4v) is 3.84. The molecule has 1 aliphatic heterocycles. The van der Waals surface area contributed by atoms with Gasteiger partial charge in [0.25, 0.3) is 5.56 Å². The van der Waals surface area contributed by atoms with E-state index in [0.717, 1.165) is 23.8 Å². The number of carbonyl (C=O) groups excluding carboxylic acids is 1. The maximum Gasteiger partial charge on any atom is 0.614 e. The zero-order chi connectivity index (χ0) is 21.9. The molecule has 0 aromatic carbocycles. The number of nitrogens with one attached hydrogen (secondary N) is 2. The number of carbonyl (C=O) groups is 1. The number of hydrogen-bond donors (Lipinski definition) is 3. The minimum Gasteiger partial charge on any atom is -0.462 e. The lowest BCUT2D eigenvalue weighted by Crippen LogP contribution is -2.45. The van der Waals surface area contributed by atoms with Gasteiger partial charge in [0, 0.05) is 12.3 Å². The predicted octanol–water partition coefficient (Wildman–Crippen LogP) is 0.127. The Morgan fingerprint density at radius 3 is 2.69 bits per heavy atom. The number of ether oxygens (including phenoxy) is 2. The summed E-state index contributed by atoms with van der Waals surface area (Å²) in [6.45, 7) is 5.06. The maximum atomic E-state index is 15.5. The average molecular weight is 436 g/mol. The predicted molar refractivity (Wildman–Crippen MR) is 98.1 cm³/mol. The molecule has 1 saturated heterocycles. The molecule has 1 aliphatic rings. The first kappa shape index (κ1) is 23.3. The molecule has 1 fully saturated rings. The molecule has 3 N–H and O–H groups in total. The highest BCUT2D eigenvalue weighted by atomic mass is 31.1. The van der Waals surface area contributed by atoms with Crippen molar-refractivity contribution in [3.05, 3.63) is 33.1 Å². The second-order valence-electron chi connectivity index (χ2n) is 7.00. The largest absolute Gasteiger partial charge is 0.614 e. The standard InChI is InChI=1S/C16H23FN3O8P/c1-8(2)26-13(23)9(3)19-29(25)28-12-10(7-21)27-14(16(12,4)17)20-6-5-11(22)18-15(20)24/h5-6,8-10,12,14,21H,7H2,1-4H3,(H-,18,19,22,24,25)/p+1/t9-,10+,12+,14+,16+/m0/s1. The lowest BCUT2D eigenvalue weighted by Gasteiger charge is -2.24. The second kappa shape index (κ2) is 9.23. The van der Waals surface area contributed by atoms with E-state index in [9.17, 15) is 24.1 Å². The van der Waals surface area contributed by atoms with Gasteiger partial charge in [0.1, 0.15) is 12.1 Å². The molecule has 1 aromatic heterocycles. The van der Waals surface area contributed by atoms with Gasteiger partial charge < -0.3 is 14.6 Å².